The summed E-state index contributed by atoms with van der Waals surface area (Å²) in [6.07, 6.45) is 6.49. The molecule has 0 spiro atoms. The lowest BCUT2D eigenvalue weighted by Gasteiger charge is -2.36. The van der Waals surface area contributed by atoms with Crippen LogP contribution in [0.3, 0.4) is 0 Å². The van der Waals surface area contributed by atoms with Crippen molar-refractivity contribution in [3.8, 4) is 11.3 Å². The number of hydrogen-bond donors (Lipinski definition) is 3. The van der Waals surface area contributed by atoms with Gasteiger partial charge in [-0.2, -0.15) is 22.6 Å². The van der Waals surface area contributed by atoms with Gasteiger partial charge >= 0.3 is 0 Å². The first-order valence-corrected chi connectivity index (χ1v) is 16.3. The molecule has 0 bridgehead atoms. The fraction of sp³-hybridized carbons (Fsp3) is 0.483. The summed E-state index contributed by atoms with van der Waals surface area (Å²) in [4.78, 5) is 11.2. The molecule has 0 unspecified atom stereocenters. The standard InChI is InChI=1S/C29H34ClN7O4S/c30-29-32-27(31)24-21(22-10-13-37(34-22)42(40,41)19-4-2-1-3-5-19)16-36(28(24)33-29)23-14-20(25(38)26(23)39)18-8-11-35(12-9-18)15-17-6-7-17/h1-5,10,13,16-18,20,23,25-26,38-39H,6-9,11-12,14-15H2,(H2,31,32,33)/t20-,23-,25-,26+/m1/s1. The van der Waals surface area contributed by atoms with Gasteiger partial charge in [0.05, 0.1) is 28.1 Å². The van der Waals surface area contributed by atoms with Crippen molar-refractivity contribution in [2.45, 2.75) is 55.2 Å². The van der Waals surface area contributed by atoms with Crippen LogP contribution in [0, 0.1) is 17.8 Å². The normalized spacial score (nSPS) is 25.9. The third-order valence-electron chi connectivity index (χ3n) is 9.31. The number of fused-ring (bicyclic) bond motifs is 1. The highest BCUT2D eigenvalue weighted by atomic mass is 35.5. The molecule has 0 radical (unpaired) electrons. The van der Waals surface area contributed by atoms with Gasteiger partial charge in [0.1, 0.15) is 17.6 Å². The summed E-state index contributed by atoms with van der Waals surface area (Å²) >= 11 is 6.23. The van der Waals surface area contributed by atoms with E-state index in [9.17, 15) is 18.6 Å². The molecule has 222 valence electrons. The van der Waals surface area contributed by atoms with Gasteiger partial charge in [-0.25, -0.2) is 4.98 Å². The molecular weight excluding hydrogens is 578 g/mol. The second kappa shape index (κ2) is 10.6. The Morgan fingerprint density at radius 2 is 1.74 bits per heavy atom. The van der Waals surface area contributed by atoms with Crippen LogP contribution in [0.1, 0.15) is 38.1 Å². The van der Waals surface area contributed by atoms with Gasteiger partial charge in [0, 0.05) is 24.5 Å². The van der Waals surface area contributed by atoms with Crippen molar-refractivity contribution in [3.63, 3.8) is 0 Å². The van der Waals surface area contributed by atoms with Crippen molar-refractivity contribution in [1.29, 1.82) is 0 Å². The van der Waals surface area contributed by atoms with E-state index in [4.69, 9.17) is 17.3 Å². The lowest BCUT2D eigenvalue weighted by molar-refractivity contribution is -0.0124. The van der Waals surface area contributed by atoms with E-state index in [-0.39, 0.29) is 21.9 Å². The quantitative estimate of drug-likeness (QED) is 0.267. The first-order chi connectivity index (χ1) is 20.2. The number of nitrogen functional groups attached to an aromatic ring is 1. The van der Waals surface area contributed by atoms with Gasteiger partial charge in [-0.15, -0.1) is 0 Å². The van der Waals surface area contributed by atoms with E-state index in [1.165, 1.54) is 37.7 Å². The van der Waals surface area contributed by atoms with E-state index < -0.39 is 28.3 Å². The lowest BCUT2D eigenvalue weighted by Crippen LogP contribution is -2.40. The molecule has 2 aliphatic carbocycles. The minimum Gasteiger partial charge on any atom is -0.390 e. The van der Waals surface area contributed by atoms with E-state index >= 15 is 0 Å². The average Bonchev–Trinajstić information content (AvgIpc) is 3.37. The Labute approximate surface area is 249 Å². The monoisotopic (exact) mass is 611 g/mol. The molecule has 42 heavy (non-hydrogen) atoms. The second-order valence-electron chi connectivity index (χ2n) is 11.9. The van der Waals surface area contributed by atoms with Crippen molar-refractivity contribution >= 4 is 38.5 Å². The van der Waals surface area contributed by atoms with E-state index in [1.807, 2.05) is 0 Å². The van der Waals surface area contributed by atoms with Crippen molar-refractivity contribution in [2.24, 2.45) is 17.8 Å². The van der Waals surface area contributed by atoms with E-state index in [2.05, 4.69) is 20.0 Å². The third kappa shape index (κ3) is 4.88. The maximum absolute atomic E-state index is 13.2. The smallest absolute Gasteiger partial charge is 0.282 e. The highest BCUT2D eigenvalue weighted by Gasteiger charge is 2.47. The number of aromatic nitrogens is 5. The zero-order chi connectivity index (χ0) is 29.2. The molecule has 3 fully saturated rings. The molecule has 1 aliphatic heterocycles. The summed E-state index contributed by atoms with van der Waals surface area (Å²) in [7, 11) is -3.91. The van der Waals surface area contributed by atoms with Crippen molar-refractivity contribution in [2.75, 3.05) is 25.4 Å². The number of nitrogens with zero attached hydrogens (tertiary/aromatic N) is 6. The third-order valence-corrected chi connectivity index (χ3v) is 11.0. The maximum Gasteiger partial charge on any atom is 0.282 e. The molecule has 3 aromatic heterocycles. The Bertz CT molecular complexity index is 1710. The van der Waals surface area contributed by atoms with Crippen LogP contribution in [0.4, 0.5) is 5.82 Å². The van der Waals surface area contributed by atoms with Crippen LogP contribution in [0.25, 0.3) is 22.3 Å². The first-order valence-electron chi connectivity index (χ1n) is 14.5. The molecule has 4 aromatic rings. The molecule has 4 N–H and O–H groups in total. The van der Waals surface area contributed by atoms with Gasteiger partial charge in [0.15, 0.2) is 0 Å². The Hall–Kier alpha value is -3.03. The van der Waals surface area contributed by atoms with Gasteiger partial charge < -0.3 is 25.4 Å². The van der Waals surface area contributed by atoms with Crippen LogP contribution in [-0.2, 0) is 10.0 Å². The van der Waals surface area contributed by atoms with Crippen LogP contribution < -0.4 is 5.73 Å². The Balaban J connectivity index is 1.21. The number of rotatable bonds is 7. The summed E-state index contributed by atoms with van der Waals surface area (Å²) in [6, 6.07) is 9.18. The number of hydrogen-bond acceptors (Lipinski definition) is 9. The van der Waals surface area contributed by atoms with E-state index in [1.54, 1.807) is 35.0 Å². The number of halogens is 1. The van der Waals surface area contributed by atoms with Crippen molar-refractivity contribution in [3.05, 3.63) is 54.1 Å². The zero-order valence-corrected chi connectivity index (χ0v) is 24.6. The van der Waals surface area contributed by atoms with Gasteiger partial charge in [-0.1, -0.05) is 18.2 Å². The number of aliphatic hydroxyl groups is 2. The highest BCUT2D eigenvalue weighted by molar-refractivity contribution is 7.89. The SMILES string of the molecule is Nc1nc(Cl)nc2c1c(-c1ccn(S(=O)(=O)c3ccccc3)n1)cn2[C@@H]1C[C@H](C2CCN(CC3CC3)CC2)[C@@H](O)[C@H]1O. The lowest BCUT2D eigenvalue weighted by atomic mass is 9.82. The molecule has 2 saturated carbocycles. The fourth-order valence-corrected chi connectivity index (χ4v) is 8.20. The predicted molar refractivity (Wildman–Crippen MR) is 158 cm³/mol. The van der Waals surface area contributed by atoms with Crippen LogP contribution in [-0.4, -0.2) is 79.1 Å². The summed E-state index contributed by atoms with van der Waals surface area (Å²) in [5.74, 6) is 1.23. The Morgan fingerprint density at radius 1 is 1.00 bits per heavy atom. The minimum absolute atomic E-state index is 0.0456. The van der Waals surface area contributed by atoms with Gasteiger partial charge in [-0.3, -0.25) is 0 Å². The topological polar surface area (TPSA) is 152 Å². The molecule has 11 nitrogen and oxygen atoms in total. The largest absolute Gasteiger partial charge is 0.390 e. The summed E-state index contributed by atoms with van der Waals surface area (Å²) in [5, 5.41) is 27.3. The average molecular weight is 612 g/mol. The molecular formula is C29H34ClN7O4S. The first kappa shape index (κ1) is 27.8. The molecule has 13 heteroatoms. The molecule has 7 rings (SSSR count). The number of aliphatic hydroxyl groups excluding tert-OH is 2. The van der Waals surface area contributed by atoms with Gasteiger partial charge in [-0.05, 0) is 92.7 Å². The fourth-order valence-electron chi connectivity index (χ4n) is 6.90. The molecule has 1 aromatic carbocycles. The van der Waals surface area contributed by atoms with E-state index in [0.29, 0.717) is 34.6 Å². The molecule has 3 aliphatic rings. The zero-order valence-electron chi connectivity index (χ0n) is 23.0. The van der Waals surface area contributed by atoms with Gasteiger partial charge in [0.2, 0.25) is 5.28 Å². The molecule has 4 heterocycles. The number of benzene rings is 1. The molecule has 4 atom stereocenters. The number of piperidine rings is 1. The second-order valence-corrected chi connectivity index (χ2v) is 14.1. The van der Waals surface area contributed by atoms with Crippen LogP contribution >= 0.6 is 11.6 Å². The van der Waals surface area contributed by atoms with Crippen molar-refractivity contribution in [1.82, 2.24) is 28.6 Å². The summed E-state index contributed by atoms with van der Waals surface area (Å²) < 4.78 is 29.1. The summed E-state index contributed by atoms with van der Waals surface area (Å²) in [6.45, 7) is 3.22. The number of anilines is 1. The Kier molecular flexibility index (Phi) is 7.01. The predicted octanol–water partition coefficient (Wildman–Crippen LogP) is 3.17. The highest BCUT2D eigenvalue weighted by Crippen LogP contribution is 2.46. The summed E-state index contributed by atoms with van der Waals surface area (Å²) in [5.41, 5.74) is 7.60. The molecule has 0 amide bonds. The van der Waals surface area contributed by atoms with Gasteiger partial charge in [0.25, 0.3) is 10.0 Å². The maximum atomic E-state index is 13.2. The minimum atomic E-state index is -3.91. The van der Waals surface area contributed by atoms with Crippen LogP contribution in [0.15, 0.2) is 53.7 Å². The van der Waals surface area contributed by atoms with Crippen LogP contribution in [0.2, 0.25) is 5.28 Å². The van der Waals surface area contributed by atoms with Crippen LogP contribution in [0.5, 0.6) is 0 Å². The molecule has 1 saturated heterocycles. The Morgan fingerprint density at radius 3 is 2.45 bits per heavy atom. The number of likely N-dealkylation sites (tertiary alicyclic amines) is 1. The van der Waals surface area contributed by atoms with Crippen molar-refractivity contribution < 1.29 is 18.6 Å². The number of nitrogens with two attached hydrogens (primary N) is 1. The van der Waals surface area contributed by atoms with E-state index in [0.717, 1.165) is 35.9 Å².